The first kappa shape index (κ1) is 68.8. The molecule has 0 saturated carbocycles. The zero-order valence-electron chi connectivity index (χ0n) is 50.8. The van der Waals surface area contributed by atoms with Gasteiger partial charge in [-0.1, -0.05) is 111 Å². The summed E-state index contributed by atoms with van der Waals surface area (Å²) in [5, 5.41) is 16.8. The molecule has 460 valence electrons. The number of methoxy groups -OCH3 is 2. The number of amides is 9. The van der Waals surface area contributed by atoms with Crippen LogP contribution in [-0.4, -0.2) is 157 Å². The molecule has 23 heteroatoms. The third-order valence-electron chi connectivity index (χ3n) is 15.6. The lowest BCUT2D eigenvalue weighted by Crippen LogP contribution is -2.60. The highest BCUT2D eigenvalue weighted by Crippen LogP contribution is 2.31. The normalized spacial score (nSPS) is 17.0. The summed E-state index contributed by atoms with van der Waals surface area (Å²) in [5.41, 5.74) is 13.2. The third-order valence-corrected chi connectivity index (χ3v) is 16.5. The van der Waals surface area contributed by atoms with Crippen molar-refractivity contribution in [3.63, 3.8) is 0 Å². The van der Waals surface area contributed by atoms with Crippen LogP contribution in [-0.2, 0) is 56.0 Å². The fraction of sp³-hybridized carbons (Fsp3) is 0.617. The average Bonchev–Trinajstić information content (AvgIpc) is 4.39. The van der Waals surface area contributed by atoms with Gasteiger partial charge in [-0.15, -0.1) is 11.3 Å². The monoisotopic (exact) mass is 1180 g/mol. The Bertz CT molecular complexity index is 2560. The van der Waals surface area contributed by atoms with Crippen LogP contribution in [0.2, 0.25) is 0 Å². The van der Waals surface area contributed by atoms with E-state index in [1.165, 1.54) is 30.4 Å². The molecule has 1 saturated heterocycles. The van der Waals surface area contributed by atoms with Crippen molar-refractivity contribution in [3.8, 4) is 0 Å². The van der Waals surface area contributed by atoms with E-state index in [0.29, 0.717) is 49.9 Å². The van der Waals surface area contributed by atoms with E-state index in [1.54, 1.807) is 82.1 Å². The maximum atomic E-state index is 14.8. The molecule has 0 bridgehead atoms. The number of carbonyl (C=O) groups is 8. The van der Waals surface area contributed by atoms with Crippen LogP contribution < -0.4 is 38.1 Å². The fourth-order valence-corrected chi connectivity index (χ4v) is 11.3. The van der Waals surface area contributed by atoms with Crippen LogP contribution in [0.3, 0.4) is 0 Å². The first-order valence-electron chi connectivity index (χ1n) is 28.9. The van der Waals surface area contributed by atoms with Crippen molar-refractivity contribution in [1.29, 1.82) is 0 Å². The van der Waals surface area contributed by atoms with Crippen LogP contribution in [0.1, 0.15) is 123 Å². The SMILES string of the molecule is CCC(C)C(C(CC(=O)N1CCCC1C(OC)C(C)C(=O)NC(Cc1ccccc1)c1nccs1)OC)N(C)C(=O)C(NC(=O)C(C(C)C)N(C)C(=O)OCc1ccc(NC(=O)C(CCCNC(N)=O)NC(=O)C(N)C(C)C)cc1)C(C)C. The number of hydrogen-bond donors (Lipinski definition) is 7. The molecule has 0 radical (unpaired) electrons. The Balaban J connectivity index is 1.41. The Kier molecular flexibility index (Phi) is 27.8. The molecule has 1 aliphatic heterocycles. The summed E-state index contributed by atoms with van der Waals surface area (Å²) in [6.07, 6.45) is 2.60. The van der Waals surface area contributed by atoms with Gasteiger partial charge in [0.1, 0.15) is 29.7 Å². The Labute approximate surface area is 494 Å². The van der Waals surface area contributed by atoms with Gasteiger partial charge in [-0.2, -0.15) is 0 Å². The van der Waals surface area contributed by atoms with E-state index in [0.717, 1.165) is 10.6 Å². The largest absolute Gasteiger partial charge is 0.445 e. The first-order valence-corrected chi connectivity index (χ1v) is 29.8. The van der Waals surface area contributed by atoms with Crippen LogP contribution in [0, 0.1) is 29.6 Å². The highest BCUT2D eigenvalue weighted by atomic mass is 32.1. The van der Waals surface area contributed by atoms with Crippen LogP contribution in [0.5, 0.6) is 0 Å². The van der Waals surface area contributed by atoms with Crippen LogP contribution in [0.15, 0.2) is 66.2 Å². The van der Waals surface area contributed by atoms with Gasteiger partial charge in [-0.25, -0.2) is 14.6 Å². The van der Waals surface area contributed by atoms with E-state index in [9.17, 15) is 38.4 Å². The number of carbonyl (C=O) groups excluding carboxylic acids is 8. The Morgan fingerprint density at radius 3 is 2.04 bits per heavy atom. The Morgan fingerprint density at radius 1 is 0.795 bits per heavy atom. The lowest BCUT2D eigenvalue weighted by atomic mass is 9.89. The summed E-state index contributed by atoms with van der Waals surface area (Å²) in [7, 11) is 6.20. The van der Waals surface area contributed by atoms with Crippen molar-refractivity contribution in [2.45, 2.75) is 168 Å². The number of ether oxygens (including phenoxy) is 3. The number of nitrogens with one attached hydrogen (secondary N) is 5. The Hall–Kier alpha value is -6.69. The summed E-state index contributed by atoms with van der Waals surface area (Å²) < 4.78 is 17.9. The smallest absolute Gasteiger partial charge is 0.410 e. The summed E-state index contributed by atoms with van der Waals surface area (Å²) >= 11 is 1.48. The van der Waals surface area contributed by atoms with Crippen LogP contribution >= 0.6 is 11.3 Å². The van der Waals surface area contributed by atoms with Crippen molar-refractivity contribution in [2.24, 2.45) is 41.1 Å². The van der Waals surface area contributed by atoms with Crippen molar-refractivity contribution in [3.05, 3.63) is 82.3 Å². The maximum Gasteiger partial charge on any atom is 0.410 e. The summed E-state index contributed by atoms with van der Waals surface area (Å²) in [4.78, 5) is 118. The highest BCUT2D eigenvalue weighted by Gasteiger charge is 2.44. The fourth-order valence-electron chi connectivity index (χ4n) is 10.6. The minimum Gasteiger partial charge on any atom is -0.445 e. The second-order valence-corrected chi connectivity index (χ2v) is 23.7. The number of nitrogens with two attached hydrogens (primary N) is 2. The molecule has 22 nitrogen and oxygen atoms in total. The van der Waals surface area contributed by atoms with Gasteiger partial charge in [0.05, 0.1) is 48.7 Å². The number of nitrogens with zero attached hydrogens (tertiary/aromatic N) is 4. The maximum absolute atomic E-state index is 14.8. The second-order valence-electron chi connectivity index (χ2n) is 22.7. The highest BCUT2D eigenvalue weighted by molar-refractivity contribution is 7.09. The summed E-state index contributed by atoms with van der Waals surface area (Å²) in [6, 6.07) is 10.5. The van der Waals surface area contributed by atoms with E-state index < -0.39 is 102 Å². The third kappa shape index (κ3) is 20.0. The van der Waals surface area contributed by atoms with Crippen molar-refractivity contribution >= 4 is 64.6 Å². The molecule has 1 aliphatic rings. The number of primary amides is 1. The molecule has 11 unspecified atom stereocenters. The number of benzene rings is 2. The molecular formula is C60H93N11O11S. The van der Waals surface area contributed by atoms with Gasteiger partial charge in [0, 0.05) is 58.7 Å². The minimum absolute atomic E-state index is 0.0580. The lowest BCUT2D eigenvalue weighted by molar-refractivity contribution is -0.148. The molecule has 83 heavy (non-hydrogen) atoms. The van der Waals surface area contributed by atoms with Gasteiger partial charge in [-0.05, 0) is 79.0 Å². The van der Waals surface area contributed by atoms with Crippen LogP contribution in [0.25, 0.3) is 0 Å². The molecule has 11 atom stereocenters. The van der Waals surface area contributed by atoms with Gasteiger partial charge < -0.3 is 62.1 Å². The van der Waals surface area contributed by atoms with Gasteiger partial charge in [0.15, 0.2) is 0 Å². The quantitative estimate of drug-likeness (QED) is 0.0367. The first-order chi connectivity index (χ1) is 39.3. The van der Waals surface area contributed by atoms with Crippen LogP contribution in [0.4, 0.5) is 15.3 Å². The van der Waals surface area contributed by atoms with Gasteiger partial charge >= 0.3 is 12.1 Å². The van der Waals surface area contributed by atoms with E-state index >= 15 is 0 Å². The zero-order valence-corrected chi connectivity index (χ0v) is 51.7. The topological polar surface area (TPSA) is 299 Å². The summed E-state index contributed by atoms with van der Waals surface area (Å²) in [5.74, 6) is -4.10. The van der Waals surface area contributed by atoms with Crippen molar-refractivity contribution in [1.82, 2.24) is 41.0 Å². The number of likely N-dealkylation sites (tertiary alicyclic amines) is 1. The molecule has 9 N–H and O–H groups in total. The minimum atomic E-state index is -1.05. The molecule has 1 aromatic heterocycles. The molecule has 9 amide bonds. The molecule has 1 fully saturated rings. The van der Waals surface area contributed by atoms with Crippen molar-refractivity contribution < 1.29 is 52.6 Å². The number of hydrogen-bond acceptors (Lipinski definition) is 14. The number of anilines is 1. The molecule has 4 rings (SSSR count). The van der Waals surface area contributed by atoms with E-state index in [-0.39, 0.29) is 55.7 Å². The van der Waals surface area contributed by atoms with Gasteiger partial charge in [-0.3, -0.25) is 33.7 Å². The van der Waals surface area contributed by atoms with E-state index in [4.69, 9.17) is 25.7 Å². The van der Waals surface area contributed by atoms with Gasteiger partial charge in [0.2, 0.25) is 35.4 Å². The number of urea groups is 1. The second kappa shape index (κ2) is 33.6. The number of thiazole rings is 1. The average molecular weight is 1180 g/mol. The molecular weight excluding hydrogens is 1080 g/mol. The van der Waals surface area contributed by atoms with Crippen molar-refractivity contribution in [2.75, 3.05) is 46.7 Å². The Morgan fingerprint density at radius 2 is 1.47 bits per heavy atom. The van der Waals surface area contributed by atoms with E-state index in [2.05, 4.69) is 31.6 Å². The summed E-state index contributed by atoms with van der Waals surface area (Å²) in [6.45, 7) is 17.1. The van der Waals surface area contributed by atoms with Gasteiger partial charge in [0.25, 0.3) is 0 Å². The number of likely N-dealkylation sites (N-methyl/N-ethyl adjacent to an activating group) is 2. The molecule has 0 spiro atoms. The van der Waals surface area contributed by atoms with E-state index in [1.807, 2.05) is 70.3 Å². The predicted octanol–water partition coefficient (Wildman–Crippen LogP) is 5.75. The zero-order chi connectivity index (χ0) is 61.7. The standard InChI is InChI=1S/C60H93N11O11S/c1-14-38(8)51(46(80-12)33-47(72)71-30-19-23-45(71)52(81-13)39(9)53(73)67-44(57-63-29-31-83-57)32-40-20-16-15-17-21-40)69(10)58(77)49(36(4)5)68-56(76)50(37(6)7)70(11)60(79)82-34-41-24-26-42(27-25-41)65-54(74)43(22-18-28-64-59(62)78)66-55(75)48(61)35(2)3/h15-17,20-21,24-27,29,31,35-39,43-46,48-52H,14,18-19,22-23,28,30,32-34,61H2,1-13H3,(H,65,74)(H,66,75)(H,67,73)(H,68,76)(H3,62,64,78). The lowest BCUT2D eigenvalue weighted by Gasteiger charge is -2.41. The molecule has 0 aliphatic carbocycles. The number of aromatic nitrogens is 1. The molecule has 2 aromatic carbocycles. The number of rotatable bonds is 32. The molecule has 3 aromatic rings. The predicted molar refractivity (Wildman–Crippen MR) is 319 cm³/mol. The molecule has 2 heterocycles.